The van der Waals surface area contributed by atoms with Gasteiger partial charge in [-0.15, -0.1) is 23.7 Å². The maximum absolute atomic E-state index is 13.0. The third-order valence-electron chi connectivity index (χ3n) is 5.94. The van der Waals surface area contributed by atoms with Crippen LogP contribution in [0.2, 0.25) is 5.02 Å². The van der Waals surface area contributed by atoms with E-state index in [1.165, 1.54) is 0 Å². The van der Waals surface area contributed by atoms with Gasteiger partial charge in [0.1, 0.15) is 0 Å². The molecule has 1 aliphatic rings. The zero-order valence-electron chi connectivity index (χ0n) is 19.4. The summed E-state index contributed by atoms with van der Waals surface area (Å²) in [6.45, 7) is 7.89. The van der Waals surface area contributed by atoms with Crippen LogP contribution in [-0.2, 0) is 10.2 Å². The molecule has 4 nitrogen and oxygen atoms in total. The van der Waals surface area contributed by atoms with Crippen molar-refractivity contribution in [2.24, 2.45) is 0 Å². The Morgan fingerprint density at radius 3 is 2.67 bits per heavy atom. The van der Waals surface area contributed by atoms with E-state index >= 15 is 0 Å². The van der Waals surface area contributed by atoms with Crippen molar-refractivity contribution in [2.75, 3.05) is 20.2 Å². The number of thiophene rings is 1. The number of halogens is 2. The average molecular weight is 506 g/mol. The summed E-state index contributed by atoms with van der Waals surface area (Å²) < 4.78 is 5.45. The van der Waals surface area contributed by atoms with Gasteiger partial charge < -0.3 is 9.64 Å². The van der Waals surface area contributed by atoms with E-state index in [4.69, 9.17) is 16.3 Å². The van der Waals surface area contributed by atoms with Gasteiger partial charge in [-0.3, -0.25) is 9.78 Å². The fourth-order valence-corrected chi connectivity index (χ4v) is 5.29. The van der Waals surface area contributed by atoms with Gasteiger partial charge in [-0.2, -0.15) is 0 Å². The maximum Gasteiger partial charge on any atom is 0.253 e. The Bertz CT molecular complexity index is 1120. The van der Waals surface area contributed by atoms with Crippen molar-refractivity contribution in [2.45, 2.75) is 45.1 Å². The van der Waals surface area contributed by atoms with Crippen LogP contribution >= 0.6 is 35.3 Å². The number of piperidine rings is 1. The summed E-state index contributed by atoms with van der Waals surface area (Å²) in [6.07, 6.45) is 3.93. The highest BCUT2D eigenvalue weighted by molar-refractivity contribution is 7.14. The molecular formula is C26H30Cl2N2O2S. The van der Waals surface area contributed by atoms with Crippen molar-refractivity contribution in [3.8, 4) is 21.6 Å². The minimum absolute atomic E-state index is 0. The molecule has 1 aliphatic heterocycles. The lowest BCUT2D eigenvalue weighted by atomic mass is 9.90. The molecular weight excluding hydrogens is 475 g/mol. The van der Waals surface area contributed by atoms with Gasteiger partial charge in [-0.05, 0) is 59.7 Å². The molecule has 3 aromatic rings. The molecule has 1 amide bonds. The molecule has 1 aromatic carbocycles. The lowest BCUT2D eigenvalue weighted by Crippen LogP contribution is -2.42. The predicted octanol–water partition coefficient (Wildman–Crippen LogP) is 7.10. The molecule has 176 valence electrons. The van der Waals surface area contributed by atoms with Crippen molar-refractivity contribution >= 4 is 41.3 Å². The number of hydrogen-bond acceptors (Lipinski definition) is 4. The molecule has 1 saturated heterocycles. The van der Waals surface area contributed by atoms with Crippen LogP contribution in [0.25, 0.3) is 21.6 Å². The first kappa shape index (κ1) is 25.7. The number of methoxy groups -OCH3 is 1. The van der Waals surface area contributed by atoms with Crippen LogP contribution in [0.4, 0.5) is 0 Å². The lowest BCUT2D eigenvalue weighted by Gasteiger charge is -2.32. The number of amides is 1. The van der Waals surface area contributed by atoms with Crippen LogP contribution in [0.1, 0.15) is 49.7 Å². The van der Waals surface area contributed by atoms with Crippen molar-refractivity contribution in [3.63, 3.8) is 0 Å². The standard InChI is InChI=1S/C26H29ClN2O2S.ClH/c1-26(2,3)24-14-17(9-10-28-24)19-13-23(32-16-19)21-8-7-18(12-22(21)27)25(30)29-11-5-6-20(15-29)31-4;/h7-10,12-14,16,20H,5-6,11,15H2,1-4H3;1H. The second-order valence-electron chi connectivity index (χ2n) is 9.33. The smallest absolute Gasteiger partial charge is 0.253 e. The van der Waals surface area contributed by atoms with Gasteiger partial charge in [0.05, 0.1) is 11.1 Å². The molecule has 2 aromatic heterocycles. The Balaban J connectivity index is 0.00000306. The van der Waals surface area contributed by atoms with Crippen LogP contribution in [0, 0.1) is 0 Å². The summed E-state index contributed by atoms with van der Waals surface area (Å²) in [5.74, 6) is 0.0126. The monoisotopic (exact) mass is 504 g/mol. The number of rotatable bonds is 4. The van der Waals surface area contributed by atoms with Gasteiger partial charge in [-0.25, -0.2) is 0 Å². The first-order valence-electron chi connectivity index (χ1n) is 10.9. The SMILES string of the molecule is COC1CCCN(C(=O)c2ccc(-c3cc(-c4ccnc(C(C)(C)C)c4)cs3)c(Cl)c2)C1.Cl. The summed E-state index contributed by atoms with van der Waals surface area (Å²) >= 11 is 8.30. The van der Waals surface area contributed by atoms with Gasteiger partial charge in [0, 0.05) is 53.5 Å². The van der Waals surface area contributed by atoms with Crippen LogP contribution < -0.4 is 0 Å². The fraction of sp³-hybridized carbons (Fsp3) is 0.385. The number of nitrogens with zero attached hydrogens (tertiary/aromatic N) is 2. The second kappa shape index (κ2) is 10.6. The second-order valence-corrected chi connectivity index (χ2v) is 10.6. The molecule has 1 atom stereocenters. The highest BCUT2D eigenvalue weighted by atomic mass is 35.5. The fourth-order valence-electron chi connectivity index (χ4n) is 3.99. The largest absolute Gasteiger partial charge is 0.380 e. The molecule has 3 heterocycles. The Morgan fingerprint density at radius 2 is 1.97 bits per heavy atom. The lowest BCUT2D eigenvalue weighted by molar-refractivity contribution is 0.0269. The van der Waals surface area contributed by atoms with E-state index in [1.54, 1.807) is 24.5 Å². The predicted molar refractivity (Wildman–Crippen MR) is 140 cm³/mol. The topological polar surface area (TPSA) is 42.4 Å². The van der Waals surface area contributed by atoms with E-state index in [2.05, 4.69) is 43.3 Å². The van der Waals surface area contributed by atoms with Gasteiger partial charge in [-0.1, -0.05) is 38.4 Å². The molecule has 1 unspecified atom stereocenters. The highest BCUT2D eigenvalue weighted by Gasteiger charge is 2.25. The first-order valence-corrected chi connectivity index (χ1v) is 12.2. The number of carbonyl (C=O) groups excluding carboxylic acids is 1. The third-order valence-corrected chi connectivity index (χ3v) is 7.22. The minimum atomic E-state index is -0.00182. The molecule has 33 heavy (non-hydrogen) atoms. The zero-order valence-corrected chi connectivity index (χ0v) is 21.8. The third kappa shape index (κ3) is 5.78. The number of benzene rings is 1. The quantitative estimate of drug-likeness (QED) is 0.380. The summed E-state index contributed by atoms with van der Waals surface area (Å²) in [4.78, 5) is 20.4. The molecule has 1 fully saturated rings. The average Bonchev–Trinajstić information content (AvgIpc) is 3.28. The van der Waals surface area contributed by atoms with Crippen molar-refractivity contribution in [1.82, 2.24) is 9.88 Å². The van der Waals surface area contributed by atoms with E-state index in [0.29, 0.717) is 17.1 Å². The van der Waals surface area contributed by atoms with Crippen LogP contribution in [0.3, 0.4) is 0 Å². The number of aromatic nitrogens is 1. The van der Waals surface area contributed by atoms with E-state index in [9.17, 15) is 4.79 Å². The Morgan fingerprint density at radius 1 is 1.18 bits per heavy atom. The summed E-state index contributed by atoms with van der Waals surface area (Å²) in [6, 6.07) is 12.0. The van der Waals surface area contributed by atoms with E-state index in [0.717, 1.165) is 46.6 Å². The van der Waals surface area contributed by atoms with Crippen LogP contribution in [-0.4, -0.2) is 42.1 Å². The Labute approximate surface area is 211 Å². The van der Waals surface area contributed by atoms with Gasteiger partial charge >= 0.3 is 0 Å². The van der Waals surface area contributed by atoms with E-state index < -0.39 is 0 Å². The summed E-state index contributed by atoms with van der Waals surface area (Å²) in [5, 5.41) is 2.74. The molecule has 0 saturated carbocycles. The van der Waals surface area contributed by atoms with Crippen molar-refractivity contribution in [3.05, 3.63) is 64.3 Å². The molecule has 0 bridgehead atoms. The van der Waals surface area contributed by atoms with E-state index in [1.807, 2.05) is 29.3 Å². The van der Waals surface area contributed by atoms with Gasteiger partial charge in [0.15, 0.2) is 0 Å². The first-order chi connectivity index (χ1) is 15.3. The highest BCUT2D eigenvalue weighted by Crippen LogP contribution is 2.37. The molecule has 7 heteroatoms. The van der Waals surface area contributed by atoms with Crippen LogP contribution in [0.5, 0.6) is 0 Å². The molecule has 0 spiro atoms. The summed E-state index contributed by atoms with van der Waals surface area (Å²) in [5.41, 5.74) is 4.92. The number of hydrogen-bond donors (Lipinski definition) is 0. The van der Waals surface area contributed by atoms with Crippen LogP contribution in [0.15, 0.2) is 48.0 Å². The van der Waals surface area contributed by atoms with Gasteiger partial charge in [0.2, 0.25) is 0 Å². The summed E-state index contributed by atoms with van der Waals surface area (Å²) in [7, 11) is 1.70. The number of pyridine rings is 1. The molecule has 4 rings (SSSR count). The maximum atomic E-state index is 13.0. The Hall–Kier alpha value is -1.92. The number of carbonyl (C=O) groups is 1. The molecule has 0 radical (unpaired) electrons. The van der Waals surface area contributed by atoms with E-state index in [-0.39, 0.29) is 29.8 Å². The number of likely N-dealkylation sites (tertiary alicyclic amines) is 1. The molecule has 0 aliphatic carbocycles. The van der Waals surface area contributed by atoms with Crippen molar-refractivity contribution < 1.29 is 9.53 Å². The Kier molecular flexibility index (Phi) is 8.22. The normalized spacial score (nSPS) is 16.4. The zero-order chi connectivity index (χ0) is 22.9. The van der Waals surface area contributed by atoms with Crippen molar-refractivity contribution in [1.29, 1.82) is 0 Å². The number of ether oxygens (including phenoxy) is 1. The molecule has 0 N–H and O–H groups in total. The van der Waals surface area contributed by atoms with Gasteiger partial charge in [0.25, 0.3) is 5.91 Å². The minimum Gasteiger partial charge on any atom is -0.380 e.